The predicted octanol–water partition coefficient (Wildman–Crippen LogP) is 0.847. The maximum atomic E-state index is 7.58. The highest BCUT2D eigenvalue weighted by atomic mass is 16.5. The second-order valence-corrected chi connectivity index (χ2v) is 4.15. The summed E-state index contributed by atoms with van der Waals surface area (Å²) in [6.07, 6.45) is 0. The standard InChI is InChI=1S/C11H16N6O/c1-6-5-8(16(3)14-6)18-11-9(10(12)13)7(2)15-17(11)4/h5H,1-4H3,(H3,12,13). The SMILES string of the molecule is Cc1cc(Oc2c(C(=N)N)c(C)nn2C)n(C)n1. The van der Waals surface area contributed by atoms with Gasteiger partial charge in [-0.1, -0.05) is 0 Å². The first kappa shape index (κ1) is 12.2. The van der Waals surface area contributed by atoms with E-state index in [1.54, 1.807) is 30.4 Å². The van der Waals surface area contributed by atoms with E-state index >= 15 is 0 Å². The lowest BCUT2D eigenvalue weighted by Gasteiger charge is -2.07. The summed E-state index contributed by atoms with van der Waals surface area (Å²) >= 11 is 0. The van der Waals surface area contributed by atoms with E-state index in [0.717, 1.165) is 5.69 Å². The molecular weight excluding hydrogens is 232 g/mol. The van der Waals surface area contributed by atoms with Gasteiger partial charge in [0.1, 0.15) is 11.4 Å². The van der Waals surface area contributed by atoms with Crippen LogP contribution in [-0.2, 0) is 14.1 Å². The molecule has 3 N–H and O–H groups in total. The lowest BCUT2D eigenvalue weighted by molar-refractivity contribution is 0.391. The van der Waals surface area contributed by atoms with E-state index in [0.29, 0.717) is 23.0 Å². The van der Waals surface area contributed by atoms with Gasteiger partial charge in [-0.3, -0.25) is 5.41 Å². The van der Waals surface area contributed by atoms with E-state index in [1.807, 2.05) is 13.0 Å². The van der Waals surface area contributed by atoms with E-state index in [-0.39, 0.29) is 5.84 Å². The Hall–Kier alpha value is -2.31. The molecule has 7 nitrogen and oxygen atoms in total. The van der Waals surface area contributed by atoms with Crippen LogP contribution in [0.4, 0.5) is 0 Å². The molecule has 0 aliphatic carbocycles. The Morgan fingerprint density at radius 3 is 2.44 bits per heavy atom. The normalized spacial score (nSPS) is 10.7. The average Bonchev–Trinajstić information content (AvgIpc) is 2.68. The minimum atomic E-state index is -0.0607. The largest absolute Gasteiger partial charge is 0.420 e. The number of ether oxygens (including phenoxy) is 1. The number of amidine groups is 1. The van der Waals surface area contributed by atoms with Crippen LogP contribution in [0.5, 0.6) is 11.8 Å². The van der Waals surface area contributed by atoms with Crippen molar-refractivity contribution in [3.63, 3.8) is 0 Å². The molecule has 0 saturated heterocycles. The van der Waals surface area contributed by atoms with E-state index in [4.69, 9.17) is 15.9 Å². The third-order valence-electron chi connectivity index (χ3n) is 2.60. The molecule has 0 spiro atoms. The molecule has 0 bridgehead atoms. The maximum Gasteiger partial charge on any atom is 0.230 e. The summed E-state index contributed by atoms with van der Waals surface area (Å²) in [5, 5.41) is 16.0. The molecule has 0 fully saturated rings. The zero-order valence-corrected chi connectivity index (χ0v) is 10.9. The molecule has 2 aromatic rings. The maximum absolute atomic E-state index is 7.58. The number of rotatable bonds is 3. The first-order chi connectivity index (χ1) is 8.40. The van der Waals surface area contributed by atoms with Gasteiger partial charge in [-0.15, -0.1) is 0 Å². The first-order valence-electron chi connectivity index (χ1n) is 5.46. The van der Waals surface area contributed by atoms with Gasteiger partial charge in [0.25, 0.3) is 0 Å². The van der Waals surface area contributed by atoms with Crippen LogP contribution in [0, 0.1) is 19.3 Å². The monoisotopic (exact) mass is 248 g/mol. The highest BCUT2D eigenvalue weighted by molar-refractivity contribution is 5.98. The molecule has 0 radical (unpaired) electrons. The Labute approximate surface area is 105 Å². The molecule has 0 aliphatic rings. The van der Waals surface area contributed by atoms with Gasteiger partial charge in [0, 0.05) is 20.2 Å². The summed E-state index contributed by atoms with van der Waals surface area (Å²) in [4.78, 5) is 0. The predicted molar refractivity (Wildman–Crippen MR) is 67.0 cm³/mol. The number of nitrogens with zero attached hydrogens (tertiary/aromatic N) is 4. The Morgan fingerprint density at radius 2 is 1.94 bits per heavy atom. The summed E-state index contributed by atoms with van der Waals surface area (Å²) in [6.45, 7) is 3.67. The summed E-state index contributed by atoms with van der Waals surface area (Å²) in [5.74, 6) is 0.968. The number of nitrogens with two attached hydrogens (primary N) is 1. The molecule has 0 unspecified atom stereocenters. The summed E-state index contributed by atoms with van der Waals surface area (Å²) < 4.78 is 8.94. The van der Waals surface area contributed by atoms with Crippen LogP contribution in [0.25, 0.3) is 0 Å². The number of nitrogen functional groups attached to an aromatic ring is 1. The number of aromatic nitrogens is 4. The second-order valence-electron chi connectivity index (χ2n) is 4.15. The van der Waals surface area contributed by atoms with Gasteiger partial charge < -0.3 is 10.5 Å². The minimum Gasteiger partial charge on any atom is -0.420 e. The molecule has 18 heavy (non-hydrogen) atoms. The molecule has 0 amide bonds. The molecule has 0 aromatic carbocycles. The van der Waals surface area contributed by atoms with Crippen LogP contribution >= 0.6 is 0 Å². The van der Waals surface area contributed by atoms with Crippen LogP contribution in [0.1, 0.15) is 17.0 Å². The third-order valence-corrected chi connectivity index (χ3v) is 2.60. The van der Waals surface area contributed by atoms with Crippen molar-refractivity contribution in [1.82, 2.24) is 19.6 Å². The Morgan fingerprint density at radius 1 is 1.28 bits per heavy atom. The van der Waals surface area contributed by atoms with Crippen LogP contribution in [0.2, 0.25) is 0 Å². The van der Waals surface area contributed by atoms with Crippen LogP contribution in [-0.4, -0.2) is 25.4 Å². The van der Waals surface area contributed by atoms with E-state index in [9.17, 15) is 0 Å². The van der Waals surface area contributed by atoms with E-state index < -0.39 is 0 Å². The molecule has 2 aromatic heterocycles. The van der Waals surface area contributed by atoms with E-state index in [1.165, 1.54) is 0 Å². The molecule has 96 valence electrons. The van der Waals surface area contributed by atoms with Crippen molar-refractivity contribution < 1.29 is 4.74 Å². The number of hydrogen-bond acceptors (Lipinski definition) is 4. The lowest BCUT2D eigenvalue weighted by Crippen LogP contribution is -2.13. The fourth-order valence-electron chi connectivity index (χ4n) is 1.85. The average molecular weight is 248 g/mol. The Balaban J connectivity index is 2.46. The van der Waals surface area contributed by atoms with Crippen molar-refractivity contribution in [1.29, 1.82) is 5.41 Å². The van der Waals surface area contributed by atoms with Crippen molar-refractivity contribution in [2.24, 2.45) is 19.8 Å². The van der Waals surface area contributed by atoms with Crippen molar-refractivity contribution in [3.8, 4) is 11.8 Å². The van der Waals surface area contributed by atoms with Crippen molar-refractivity contribution in [2.75, 3.05) is 0 Å². The third kappa shape index (κ3) is 1.94. The van der Waals surface area contributed by atoms with Gasteiger partial charge in [0.2, 0.25) is 11.8 Å². The van der Waals surface area contributed by atoms with Gasteiger partial charge in [-0.2, -0.15) is 10.2 Å². The zero-order chi connectivity index (χ0) is 13.4. The van der Waals surface area contributed by atoms with Crippen molar-refractivity contribution >= 4 is 5.84 Å². The van der Waals surface area contributed by atoms with Crippen LogP contribution in [0.3, 0.4) is 0 Å². The molecule has 7 heteroatoms. The Kier molecular flexibility index (Phi) is 2.82. The molecule has 0 saturated carbocycles. The molecule has 0 aliphatic heterocycles. The summed E-state index contributed by atoms with van der Waals surface area (Å²) in [5.41, 5.74) is 7.59. The minimum absolute atomic E-state index is 0.0607. The highest BCUT2D eigenvalue weighted by Crippen LogP contribution is 2.26. The number of nitrogens with one attached hydrogen (secondary N) is 1. The van der Waals surface area contributed by atoms with Crippen molar-refractivity contribution in [2.45, 2.75) is 13.8 Å². The topological polar surface area (TPSA) is 94.7 Å². The summed E-state index contributed by atoms with van der Waals surface area (Å²) in [6, 6.07) is 1.81. The fourth-order valence-corrected chi connectivity index (χ4v) is 1.85. The Bertz CT molecular complexity index is 609. The summed E-state index contributed by atoms with van der Waals surface area (Å²) in [7, 11) is 3.54. The van der Waals surface area contributed by atoms with Crippen molar-refractivity contribution in [3.05, 3.63) is 23.0 Å². The van der Waals surface area contributed by atoms with Crippen LogP contribution < -0.4 is 10.5 Å². The number of hydrogen-bond donors (Lipinski definition) is 2. The van der Waals surface area contributed by atoms with Crippen LogP contribution in [0.15, 0.2) is 6.07 Å². The van der Waals surface area contributed by atoms with Gasteiger partial charge in [-0.25, -0.2) is 9.36 Å². The van der Waals surface area contributed by atoms with Gasteiger partial charge >= 0.3 is 0 Å². The first-order valence-corrected chi connectivity index (χ1v) is 5.46. The quantitative estimate of drug-likeness (QED) is 0.621. The second kappa shape index (κ2) is 4.17. The molecule has 2 rings (SSSR count). The fraction of sp³-hybridized carbons (Fsp3) is 0.364. The molecule has 0 atom stereocenters. The molecular formula is C11H16N6O. The molecule has 2 heterocycles. The van der Waals surface area contributed by atoms with E-state index in [2.05, 4.69) is 10.2 Å². The van der Waals surface area contributed by atoms with Gasteiger partial charge in [0.05, 0.1) is 11.4 Å². The number of aryl methyl sites for hydroxylation is 4. The lowest BCUT2D eigenvalue weighted by atomic mass is 10.2. The van der Waals surface area contributed by atoms with Gasteiger partial charge in [-0.05, 0) is 13.8 Å². The zero-order valence-electron chi connectivity index (χ0n) is 10.9. The smallest absolute Gasteiger partial charge is 0.230 e. The highest BCUT2D eigenvalue weighted by Gasteiger charge is 2.19. The van der Waals surface area contributed by atoms with Gasteiger partial charge in [0.15, 0.2) is 0 Å².